The third kappa shape index (κ3) is 3.39. The van der Waals surface area contributed by atoms with Gasteiger partial charge in [-0.1, -0.05) is 6.92 Å². The minimum absolute atomic E-state index is 0.807. The van der Waals surface area contributed by atoms with Crippen LogP contribution in [-0.2, 0) is 19.5 Å². The summed E-state index contributed by atoms with van der Waals surface area (Å²) < 4.78 is 5.35. The molecule has 1 N–H and O–H groups in total. The van der Waals surface area contributed by atoms with Gasteiger partial charge in [0.2, 0.25) is 0 Å². The van der Waals surface area contributed by atoms with Crippen molar-refractivity contribution in [3.05, 3.63) is 47.0 Å². The molecule has 0 aromatic carbocycles. The summed E-state index contributed by atoms with van der Waals surface area (Å²) in [7, 11) is 4.03. The lowest BCUT2D eigenvalue weighted by Crippen LogP contribution is -2.19. The van der Waals surface area contributed by atoms with Crippen molar-refractivity contribution < 1.29 is 4.42 Å². The molecule has 4 heteroatoms. The molecule has 0 spiro atoms. The fourth-order valence-electron chi connectivity index (χ4n) is 2.23. The summed E-state index contributed by atoms with van der Waals surface area (Å²) in [5, 5.41) is 3.19. The number of hydrogen-bond donors (Lipinski definition) is 1. The van der Waals surface area contributed by atoms with Crippen LogP contribution in [0.25, 0.3) is 0 Å². The van der Waals surface area contributed by atoms with E-state index < -0.39 is 0 Å². The first-order chi connectivity index (χ1) is 9.63. The minimum Gasteiger partial charge on any atom is -0.469 e. The maximum Gasteiger partial charge on any atom is 0.129 e. The van der Waals surface area contributed by atoms with E-state index in [0.717, 1.165) is 36.8 Å². The molecule has 2 aromatic heterocycles. The summed E-state index contributed by atoms with van der Waals surface area (Å²) in [6, 6.07) is 6.33. The van der Waals surface area contributed by atoms with E-state index in [9.17, 15) is 0 Å². The van der Waals surface area contributed by atoms with Crippen LogP contribution in [0.15, 0.2) is 28.9 Å². The number of hydrogen-bond acceptors (Lipinski definition) is 4. The average molecular weight is 273 g/mol. The Hall–Kier alpha value is -1.81. The molecule has 0 atom stereocenters. The maximum atomic E-state index is 5.35. The van der Waals surface area contributed by atoms with E-state index in [1.807, 2.05) is 20.0 Å². The van der Waals surface area contributed by atoms with Crippen LogP contribution in [0.1, 0.15) is 29.5 Å². The summed E-state index contributed by atoms with van der Waals surface area (Å²) >= 11 is 0. The molecule has 0 bridgehead atoms. The summed E-state index contributed by atoms with van der Waals surface area (Å²) in [6.07, 6.45) is 2.68. The van der Waals surface area contributed by atoms with Crippen molar-refractivity contribution in [1.82, 2.24) is 10.3 Å². The van der Waals surface area contributed by atoms with Crippen LogP contribution in [0.5, 0.6) is 0 Å². The van der Waals surface area contributed by atoms with Crippen molar-refractivity contribution in [2.24, 2.45) is 0 Å². The van der Waals surface area contributed by atoms with Gasteiger partial charge in [0.05, 0.1) is 6.26 Å². The second-order valence-corrected chi connectivity index (χ2v) is 5.07. The highest BCUT2D eigenvalue weighted by Crippen LogP contribution is 2.18. The van der Waals surface area contributed by atoms with Gasteiger partial charge in [0.15, 0.2) is 0 Å². The van der Waals surface area contributed by atoms with Crippen LogP contribution >= 0.6 is 0 Å². The zero-order chi connectivity index (χ0) is 14.5. The predicted molar refractivity (Wildman–Crippen MR) is 81.9 cm³/mol. The van der Waals surface area contributed by atoms with Crippen molar-refractivity contribution in [1.29, 1.82) is 0 Å². The summed E-state index contributed by atoms with van der Waals surface area (Å²) in [5.74, 6) is 1.98. The highest BCUT2D eigenvalue weighted by atomic mass is 16.3. The zero-order valence-corrected chi connectivity index (χ0v) is 12.7. The second kappa shape index (κ2) is 6.57. The standard InChI is InChI=1S/C16H23N3O/c1-5-15-8-13(10-17-3)9-16(18-15)19(4)11-14-6-7-20-12(14)2/h6-9,17H,5,10-11H2,1-4H3. The molecule has 0 radical (unpaired) electrons. The highest BCUT2D eigenvalue weighted by Gasteiger charge is 2.09. The predicted octanol–water partition coefficient (Wildman–Crippen LogP) is 2.90. The summed E-state index contributed by atoms with van der Waals surface area (Å²) in [6.45, 7) is 5.80. The molecule has 0 aliphatic rings. The third-order valence-corrected chi connectivity index (χ3v) is 3.43. The van der Waals surface area contributed by atoms with Crippen molar-refractivity contribution >= 4 is 5.82 Å². The maximum absolute atomic E-state index is 5.35. The Labute approximate surface area is 120 Å². The van der Waals surface area contributed by atoms with Crippen molar-refractivity contribution in [3.63, 3.8) is 0 Å². The van der Waals surface area contributed by atoms with E-state index in [-0.39, 0.29) is 0 Å². The molecule has 0 aliphatic heterocycles. The number of nitrogens with zero attached hydrogens (tertiary/aromatic N) is 2. The van der Waals surface area contributed by atoms with E-state index in [0.29, 0.717) is 0 Å². The Morgan fingerprint density at radius 3 is 2.75 bits per heavy atom. The molecule has 0 aliphatic carbocycles. The first kappa shape index (κ1) is 14.6. The number of furan rings is 1. The molecule has 2 heterocycles. The van der Waals surface area contributed by atoms with Gasteiger partial charge < -0.3 is 14.6 Å². The van der Waals surface area contributed by atoms with Gasteiger partial charge in [-0.3, -0.25) is 0 Å². The van der Waals surface area contributed by atoms with Crippen LogP contribution in [0.2, 0.25) is 0 Å². The Morgan fingerprint density at radius 1 is 1.35 bits per heavy atom. The minimum atomic E-state index is 0.807. The largest absolute Gasteiger partial charge is 0.469 e. The van der Waals surface area contributed by atoms with Gasteiger partial charge in [0.1, 0.15) is 11.6 Å². The lowest BCUT2D eigenvalue weighted by molar-refractivity contribution is 0.529. The van der Waals surface area contributed by atoms with E-state index in [2.05, 4.69) is 36.3 Å². The molecule has 0 unspecified atom stereocenters. The smallest absolute Gasteiger partial charge is 0.129 e. The van der Waals surface area contributed by atoms with Crippen LogP contribution in [0.3, 0.4) is 0 Å². The Balaban J connectivity index is 2.22. The van der Waals surface area contributed by atoms with Crippen LogP contribution < -0.4 is 10.2 Å². The fourth-order valence-corrected chi connectivity index (χ4v) is 2.23. The summed E-state index contributed by atoms with van der Waals surface area (Å²) in [5.41, 5.74) is 3.60. The molecule has 0 saturated heterocycles. The number of pyridine rings is 1. The van der Waals surface area contributed by atoms with Gasteiger partial charge in [-0.15, -0.1) is 0 Å². The first-order valence-corrected chi connectivity index (χ1v) is 7.02. The van der Waals surface area contributed by atoms with E-state index in [1.165, 1.54) is 11.1 Å². The Kier molecular flexibility index (Phi) is 4.79. The van der Waals surface area contributed by atoms with Gasteiger partial charge in [-0.25, -0.2) is 4.98 Å². The molecular formula is C16H23N3O. The van der Waals surface area contributed by atoms with Gasteiger partial charge in [0, 0.05) is 31.4 Å². The normalized spacial score (nSPS) is 10.8. The number of anilines is 1. The van der Waals surface area contributed by atoms with Crippen LogP contribution in [-0.4, -0.2) is 19.1 Å². The topological polar surface area (TPSA) is 41.3 Å². The Bertz CT molecular complexity index is 563. The molecular weight excluding hydrogens is 250 g/mol. The average Bonchev–Trinajstić information content (AvgIpc) is 2.84. The molecule has 2 aromatic rings. The molecule has 4 nitrogen and oxygen atoms in total. The zero-order valence-electron chi connectivity index (χ0n) is 12.7. The van der Waals surface area contributed by atoms with Gasteiger partial charge in [-0.05, 0) is 44.2 Å². The number of nitrogens with one attached hydrogen (secondary N) is 1. The molecule has 20 heavy (non-hydrogen) atoms. The monoisotopic (exact) mass is 273 g/mol. The molecule has 0 amide bonds. The number of aromatic nitrogens is 1. The fraction of sp³-hybridized carbons (Fsp3) is 0.438. The van der Waals surface area contributed by atoms with E-state index in [4.69, 9.17) is 9.40 Å². The van der Waals surface area contributed by atoms with E-state index >= 15 is 0 Å². The molecule has 108 valence electrons. The number of aryl methyl sites for hydroxylation is 2. The van der Waals surface area contributed by atoms with Gasteiger partial charge >= 0.3 is 0 Å². The quantitative estimate of drug-likeness (QED) is 0.878. The SMILES string of the molecule is CCc1cc(CNC)cc(N(C)Cc2ccoc2C)n1. The van der Waals surface area contributed by atoms with E-state index in [1.54, 1.807) is 6.26 Å². The third-order valence-electron chi connectivity index (χ3n) is 3.43. The molecule has 0 saturated carbocycles. The van der Waals surface area contributed by atoms with Crippen molar-refractivity contribution in [2.75, 3.05) is 19.0 Å². The highest BCUT2D eigenvalue weighted by molar-refractivity contribution is 5.43. The van der Waals surface area contributed by atoms with Crippen LogP contribution in [0.4, 0.5) is 5.82 Å². The van der Waals surface area contributed by atoms with Crippen molar-refractivity contribution in [3.8, 4) is 0 Å². The van der Waals surface area contributed by atoms with Gasteiger partial charge in [-0.2, -0.15) is 0 Å². The molecule has 2 rings (SSSR count). The molecule has 0 fully saturated rings. The van der Waals surface area contributed by atoms with Crippen LogP contribution in [0, 0.1) is 6.92 Å². The first-order valence-electron chi connectivity index (χ1n) is 7.02. The summed E-state index contributed by atoms with van der Waals surface area (Å²) in [4.78, 5) is 6.87. The number of rotatable bonds is 6. The van der Waals surface area contributed by atoms with Gasteiger partial charge in [0.25, 0.3) is 0 Å². The Morgan fingerprint density at radius 2 is 2.15 bits per heavy atom. The van der Waals surface area contributed by atoms with Crippen molar-refractivity contribution in [2.45, 2.75) is 33.4 Å². The second-order valence-electron chi connectivity index (χ2n) is 5.07. The lowest BCUT2D eigenvalue weighted by atomic mass is 10.2. The lowest BCUT2D eigenvalue weighted by Gasteiger charge is -2.19.